The molecule has 0 bridgehead atoms. The molecule has 2 atom stereocenters. The van der Waals surface area contributed by atoms with Crippen LogP contribution in [-0.4, -0.2) is 48.8 Å². The maximum Gasteiger partial charge on any atom is 0.0697 e. The maximum atomic E-state index is 6.13. The van der Waals surface area contributed by atoms with E-state index in [4.69, 9.17) is 4.74 Å². The Morgan fingerprint density at radius 3 is 2.60 bits per heavy atom. The molecule has 0 radical (unpaired) electrons. The molecule has 3 heteroatoms. The highest BCUT2D eigenvalue weighted by Gasteiger charge is 2.44. The van der Waals surface area contributed by atoms with Crippen molar-refractivity contribution >= 4 is 0 Å². The summed E-state index contributed by atoms with van der Waals surface area (Å²) in [5.74, 6) is 1.01. The zero-order valence-electron chi connectivity index (χ0n) is 12.8. The molecule has 2 heterocycles. The number of nitrogens with zero attached hydrogens (tertiary/aromatic N) is 1. The monoisotopic (exact) mass is 278 g/mol. The third kappa shape index (κ3) is 2.90. The van der Waals surface area contributed by atoms with Crippen LogP contribution in [0.15, 0.2) is 0 Å². The highest BCUT2D eigenvalue weighted by molar-refractivity contribution is 4.98. The fraction of sp³-hybridized carbons (Fsp3) is 1.00. The van der Waals surface area contributed by atoms with Gasteiger partial charge < -0.3 is 10.1 Å². The van der Waals surface area contributed by atoms with E-state index in [2.05, 4.69) is 10.2 Å². The van der Waals surface area contributed by atoms with Gasteiger partial charge in [0.1, 0.15) is 0 Å². The van der Waals surface area contributed by atoms with Gasteiger partial charge in [-0.05, 0) is 70.3 Å². The fourth-order valence-electron chi connectivity index (χ4n) is 4.43. The van der Waals surface area contributed by atoms with Crippen LogP contribution in [0.1, 0.15) is 57.8 Å². The summed E-state index contributed by atoms with van der Waals surface area (Å²) >= 11 is 0. The van der Waals surface area contributed by atoms with Gasteiger partial charge in [-0.1, -0.05) is 0 Å². The third-order valence-electron chi connectivity index (χ3n) is 6.06. The summed E-state index contributed by atoms with van der Waals surface area (Å²) in [5.41, 5.74) is 0.299. The molecule has 1 spiro atoms. The Morgan fingerprint density at radius 1 is 1.05 bits per heavy atom. The van der Waals surface area contributed by atoms with Gasteiger partial charge in [-0.15, -0.1) is 0 Å². The SMILES string of the molecule is C1CNC(CN(CC2CC2)C2CCOC3(CCC3)C2)C1. The van der Waals surface area contributed by atoms with Gasteiger partial charge in [0.25, 0.3) is 0 Å². The van der Waals surface area contributed by atoms with Crippen LogP contribution in [0.4, 0.5) is 0 Å². The molecular weight excluding hydrogens is 248 g/mol. The van der Waals surface area contributed by atoms with Gasteiger partial charge in [-0.2, -0.15) is 0 Å². The Kier molecular flexibility index (Phi) is 3.78. The Labute approximate surface area is 123 Å². The minimum absolute atomic E-state index is 0.299. The molecule has 20 heavy (non-hydrogen) atoms. The van der Waals surface area contributed by atoms with E-state index in [1.807, 2.05) is 0 Å². The van der Waals surface area contributed by atoms with Crippen LogP contribution in [0, 0.1) is 5.92 Å². The fourth-order valence-corrected chi connectivity index (χ4v) is 4.43. The first-order valence-corrected chi connectivity index (χ1v) is 8.94. The second-order valence-electron chi connectivity index (χ2n) is 7.72. The minimum Gasteiger partial charge on any atom is -0.375 e. The van der Waals surface area contributed by atoms with Crippen molar-refractivity contribution in [3.8, 4) is 0 Å². The predicted octanol–water partition coefficient (Wildman–Crippen LogP) is 2.55. The van der Waals surface area contributed by atoms with Crippen LogP contribution < -0.4 is 5.32 Å². The molecule has 2 saturated carbocycles. The quantitative estimate of drug-likeness (QED) is 0.836. The second-order valence-corrected chi connectivity index (χ2v) is 7.72. The summed E-state index contributed by atoms with van der Waals surface area (Å²) < 4.78 is 6.13. The van der Waals surface area contributed by atoms with Crippen molar-refractivity contribution in [2.24, 2.45) is 5.92 Å². The van der Waals surface area contributed by atoms with E-state index in [0.717, 1.165) is 24.6 Å². The normalized spacial score (nSPS) is 36.5. The minimum atomic E-state index is 0.299. The Morgan fingerprint density at radius 2 is 1.95 bits per heavy atom. The van der Waals surface area contributed by atoms with Gasteiger partial charge >= 0.3 is 0 Å². The van der Waals surface area contributed by atoms with Crippen LogP contribution in [-0.2, 0) is 4.74 Å². The van der Waals surface area contributed by atoms with E-state index in [9.17, 15) is 0 Å². The molecule has 0 amide bonds. The standard InChI is InChI=1S/C17H30N2O/c1-3-15(18-9-1)13-19(12-14-4-5-14)16-6-10-20-17(11-16)7-2-8-17/h14-16,18H,1-13H2. The summed E-state index contributed by atoms with van der Waals surface area (Å²) in [7, 11) is 0. The average Bonchev–Trinajstić information content (AvgIpc) is 3.10. The van der Waals surface area contributed by atoms with E-state index in [1.165, 1.54) is 77.4 Å². The number of ether oxygens (including phenoxy) is 1. The van der Waals surface area contributed by atoms with Crippen LogP contribution >= 0.6 is 0 Å². The Bertz CT molecular complexity index is 332. The third-order valence-corrected chi connectivity index (χ3v) is 6.06. The number of hydrogen-bond donors (Lipinski definition) is 1. The largest absolute Gasteiger partial charge is 0.375 e. The first kappa shape index (κ1) is 13.5. The number of nitrogens with one attached hydrogen (secondary N) is 1. The summed E-state index contributed by atoms with van der Waals surface area (Å²) in [6.07, 6.45) is 12.3. The molecular formula is C17H30N2O. The molecule has 2 aliphatic heterocycles. The van der Waals surface area contributed by atoms with Gasteiger partial charge in [-0.3, -0.25) is 4.90 Å². The van der Waals surface area contributed by atoms with Crippen molar-refractivity contribution in [3.63, 3.8) is 0 Å². The summed E-state index contributed by atoms with van der Waals surface area (Å²) in [5, 5.41) is 3.70. The summed E-state index contributed by atoms with van der Waals surface area (Å²) in [6.45, 7) is 4.89. The van der Waals surface area contributed by atoms with Crippen molar-refractivity contribution in [1.82, 2.24) is 10.2 Å². The lowest BCUT2D eigenvalue weighted by molar-refractivity contribution is -0.149. The van der Waals surface area contributed by atoms with Crippen LogP contribution in [0.3, 0.4) is 0 Å². The average molecular weight is 278 g/mol. The van der Waals surface area contributed by atoms with Gasteiger partial charge in [0, 0.05) is 31.8 Å². The molecule has 0 aromatic carbocycles. The van der Waals surface area contributed by atoms with E-state index in [-0.39, 0.29) is 0 Å². The van der Waals surface area contributed by atoms with E-state index >= 15 is 0 Å². The van der Waals surface area contributed by atoms with Crippen LogP contribution in [0.25, 0.3) is 0 Å². The molecule has 2 saturated heterocycles. The zero-order chi connectivity index (χ0) is 13.4. The first-order valence-electron chi connectivity index (χ1n) is 8.94. The second kappa shape index (κ2) is 5.58. The summed E-state index contributed by atoms with van der Waals surface area (Å²) in [6, 6.07) is 1.56. The number of hydrogen-bond acceptors (Lipinski definition) is 3. The molecule has 1 N–H and O–H groups in total. The van der Waals surface area contributed by atoms with Gasteiger partial charge in [0.2, 0.25) is 0 Å². The molecule has 3 nitrogen and oxygen atoms in total. The maximum absolute atomic E-state index is 6.13. The first-order chi connectivity index (χ1) is 9.83. The van der Waals surface area contributed by atoms with E-state index in [1.54, 1.807) is 0 Å². The van der Waals surface area contributed by atoms with Gasteiger partial charge in [0.05, 0.1) is 5.60 Å². The van der Waals surface area contributed by atoms with Gasteiger partial charge in [0.15, 0.2) is 0 Å². The van der Waals surface area contributed by atoms with Crippen LogP contribution in [0.5, 0.6) is 0 Å². The highest BCUT2D eigenvalue weighted by atomic mass is 16.5. The lowest BCUT2D eigenvalue weighted by Crippen LogP contribution is -2.54. The van der Waals surface area contributed by atoms with Gasteiger partial charge in [-0.25, -0.2) is 0 Å². The summed E-state index contributed by atoms with van der Waals surface area (Å²) in [4.78, 5) is 2.85. The molecule has 0 aromatic heterocycles. The lowest BCUT2D eigenvalue weighted by Gasteiger charge is -2.50. The molecule has 4 aliphatic rings. The lowest BCUT2D eigenvalue weighted by atomic mass is 9.73. The molecule has 4 fully saturated rings. The van der Waals surface area contributed by atoms with Crippen molar-refractivity contribution in [2.45, 2.75) is 75.5 Å². The zero-order valence-corrected chi connectivity index (χ0v) is 12.8. The highest BCUT2D eigenvalue weighted by Crippen LogP contribution is 2.44. The molecule has 2 unspecified atom stereocenters. The van der Waals surface area contributed by atoms with Crippen LogP contribution in [0.2, 0.25) is 0 Å². The Balaban J connectivity index is 1.39. The topological polar surface area (TPSA) is 24.5 Å². The van der Waals surface area contributed by atoms with E-state index in [0.29, 0.717) is 5.60 Å². The Hall–Kier alpha value is -0.120. The molecule has 4 rings (SSSR count). The van der Waals surface area contributed by atoms with E-state index < -0.39 is 0 Å². The van der Waals surface area contributed by atoms with Crippen molar-refractivity contribution in [3.05, 3.63) is 0 Å². The smallest absolute Gasteiger partial charge is 0.0697 e. The molecule has 0 aromatic rings. The number of rotatable bonds is 5. The molecule has 2 aliphatic carbocycles. The van der Waals surface area contributed by atoms with Crippen molar-refractivity contribution in [2.75, 3.05) is 26.2 Å². The van der Waals surface area contributed by atoms with Crippen molar-refractivity contribution in [1.29, 1.82) is 0 Å². The van der Waals surface area contributed by atoms with Crippen molar-refractivity contribution < 1.29 is 4.74 Å². The molecule has 114 valence electrons. The predicted molar refractivity (Wildman–Crippen MR) is 80.9 cm³/mol.